The minimum Gasteiger partial charge on any atom is -0.361 e. The zero-order valence-electron chi connectivity index (χ0n) is 14.7. The van der Waals surface area contributed by atoms with Crippen LogP contribution in [0.3, 0.4) is 0 Å². The Morgan fingerprint density at radius 3 is 2.92 bits per heavy atom. The molecular weight excluding hydrogens is 302 g/mol. The fourth-order valence-corrected chi connectivity index (χ4v) is 3.56. The van der Waals surface area contributed by atoms with Gasteiger partial charge in [-0.3, -0.25) is 9.78 Å². The zero-order chi connectivity index (χ0) is 17.1. The molecule has 1 atom stereocenters. The maximum atomic E-state index is 12.7. The van der Waals surface area contributed by atoms with Gasteiger partial charge in [-0.25, -0.2) is 0 Å². The molecule has 0 bridgehead atoms. The van der Waals surface area contributed by atoms with Crippen LogP contribution in [-0.4, -0.2) is 33.5 Å². The van der Waals surface area contributed by atoms with Gasteiger partial charge in [-0.15, -0.1) is 0 Å². The van der Waals surface area contributed by atoms with E-state index in [9.17, 15) is 4.79 Å². The van der Waals surface area contributed by atoms with E-state index in [1.165, 1.54) is 5.56 Å². The Morgan fingerprint density at radius 1 is 1.38 bits per heavy atom. The average Bonchev–Trinajstić information content (AvgIpc) is 3.15. The van der Waals surface area contributed by atoms with Crippen LogP contribution in [0.1, 0.15) is 47.5 Å². The maximum absolute atomic E-state index is 12.7. The topological polar surface area (TPSA) is 59.2 Å². The Morgan fingerprint density at radius 2 is 2.21 bits per heavy atom. The normalized spacial score (nSPS) is 17.5. The van der Waals surface area contributed by atoms with Crippen molar-refractivity contribution < 1.29 is 9.32 Å². The number of aromatic nitrogens is 2. The molecule has 0 radical (unpaired) electrons. The number of carbonyl (C=O) groups excluding carboxylic acids is 1. The summed E-state index contributed by atoms with van der Waals surface area (Å²) in [5, 5.41) is 3.95. The highest BCUT2D eigenvalue weighted by atomic mass is 16.5. The smallest absolute Gasteiger partial charge is 0.227 e. The molecule has 2 aromatic heterocycles. The van der Waals surface area contributed by atoms with Gasteiger partial charge in [0.25, 0.3) is 0 Å². The van der Waals surface area contributed by atoms with E-state index in [1.807, 2.05) is 27.0 Å². The van der Waals surface area contributed by atoms with Crippen molar-refractivity contribution in [3.05, 3.63) is 46.6 Å². The van der Waals surface area contributed by atoms with E-state index in [-0.39, 0.29) is 5.91 Å². The second-order valence-electron chi connectivity index (χ2n) is 6.71. The first-order valence-corrected chi connectivity index (χ1v) is 8.67. The zero-order valence-corrected chi connectivity index (χ0v) is 14.7. The number of likely N-dealkylation sites (tertiary alicyclic amines) is 1. The van der Waals surface area contributed by atoms with E-state index in [0.29, 0.717) is 12.5 Å². The molecule has 1 saturated heterocycles. The molecule has 3 rings (SSSR count). The molecule has 3 heterocycles. The molecule has 5 nitrogen and oxygen atoms in total. The fraction of sp³-hybridized carbons (Fsp3) is 0.526. The van der Waals surface area contributed by atoms with Gasteiger partial charge in [0.05, 0.1) is 12.1 Å². The maximum Gasteiger partial charge on any atom is 0.227 e. The van der Waals surface area contributed by atoms with Crippen LogP contribution in [0.5, 0.6) is 0 Å². The highest BCUT2D eigenvalue weighted by Crippen LogP contribution is 2.24. The van der Waals surface area contributed by atoms with Crippen molar-refractivity contribution in [1.29, 1.82) is 0 Å². The third-order valence-electron chi connectivity index (χ3n) is 4.93. The van der Waals surface area contributed by atoms with Crippen molar-refractivity contribution in [2.45, 2.75) is 58.9 Å². The lowest BCUT2D eigenvalue weighted by atomic mass is 10.0. The van der Waals surface area contributed by atoms with E-state index in [2.05, 4.69) is 27.2 Å². The summed E-state index contributed by atoms with van der Waals surface area (Å²) in [7, 11) is 0. The summed E-state index contributed by atoms with van der Waals surface area (Å²) >= 11 is 0. The predicted octanol–water partition coefficient (Wildman–Crippen LogP) is 3.16. The van der Waals surface area contributed by atoms with Gasteiger partial charge in [0.1, 0.15) is 5.76 Å². The summed E-state index contributed by atoms with van der Waals surface area (Å²) < 4.78 is 5.18. The van der Waals surface area contributed by atoms with Crippen molar-refractivity contribution in [2.24, 2.45) is 0 Å². The van der Waals surface area contributed by atoms with Crippen LogP contribution in [0.25, 0.3) is 0 Å². The first-order chi connectivity index (χ1) is 11.5. The predicted molar refractivity (Wildman–Crippen MR) is 91.7 cm³/mol. The van der Waals surface area contributed by atoms with Gasteiger partial charge in [-0.05, 0) is 64.2 Å². The van der Waals surface area contributed by atoms with Gasteiger partial charge in [-0.1, -0.05) is 5.16 Å². The highest BCUT2D eigenvalue weighted by molar-refractivity contribution is 5.79. The van der Waals surface area contributed by atoms with Crippen LogP contribution in [-0.2, 0) is 17.6 Å². The molecule has 0 spiro atoms. The molecule has 0 aliphatic carbocycles. The van der Waals surface area contributed by atoms with Crippen LogP contribution >= 0.6 is 0 Å². The van der Waals surface area contributed by atoms with Crippen LogP contribution < -0.4 is 0 Å². The summed E-state index contributed by atoms with van der Waals surface area (Å²) in [5.74, 6) is 0.946. The largest absolute Gasteiger partial charge is 0.361 e. The van der Waals surface area contributed by atoms with Gasteiger partial charge in [0.15, 0.2) is 0 Å². The first-order valence-electron chi connectivity index (χ1n) is 8.67. The second kappa shape index (κ2) is 7.16. The van der Waals surface area contributed by atoms with Gasteiger partial charge in [-0.2, -0.15) is 0 Å². The van der Waals surface area contributed by atoms with Gasteiger partial charge < -0.3 is 9.42 Å². The average molecular weight is 327 g/mol. The molecule has 1 aliphatic heterocycles. The van der Waals surface area contributed by atoms with Crippen molar-refractivity contribution in [3.63, 3.8) is 0 Å². The Hall–Kier alpha value is -2.17. The summed E-state index contributed by atoms with van der Waals surface area (Å²) in [5.41, 5.74) is 4.11. The molecule has 0 unspecified atom stereocenters. The Bertz CT molecular complexity index is 704. The number of nitrogens with zero attached hydrogens (tertiary/aromatic N) is 3. The third kappa shape index (κ3) is 3.66. The molecule has 2 aromatic rings. The van der Waals surface area contributed by atoms with Gasteiger partial charge >= 0.3 is 0 Å². The summed E-state index contributed by atoms with van der Waals surface area (Å²) in [6.45, 7) is 6.64. The summed E-state index contributed by atoms with van der Waals surface area (Å²) in [6.07, 6.45) is 6.44. The molecular formula is C19H25N3O2. The number of amides is 1. The van der Waals surface area contributed by atoms with Crippen molar-refractivity contribution in [1.82, 2.24) is 15.0 Å². The molecule has 0 aromatic carbocycles. The van der Waals surface area contributed by atoms with E-state index < -0.39 is 0 Å². The number of carbonyl (C=O) groups is 1. The fourth-order valence-electron chi connectivity index (χ4n) is 3.56. The van der Waals surface area contributed by atoms with Crippen LogP contribution in [0, 0.1) is 20.8 Å². The number of pyridine rings is 1. The molecule has 1 fully saturated rings. The lowest BCUT2D eigenvalue weighted by molar-refractivity contribution is -0.131. The highest BCUT2D eigenvalue weighted by Gasteiger charge is 2.29. The second-order valence-corrected chi connectivity index (χ2v) is 6.71. The summed E-state index contributed by atoms with van der Waals surface area (Å²) in [6, 6.07) is 4.54. The standard InChI is InChI=1S/C19H25N3O2/c1-13-11-16(8-9-20-13)6-7-17-5-4-10-22(17)19(23)12-18-14(2)21-24-15(18)3/h8-9,11,17H,4-7,10,12H2,1-3H3/t17-/m0/s1. The van der Waals surface area contributed by atoms with E-state index >= 15 is 0 Å². The number of hydrogen-bond donors (Lipinski definition) is 0. The minimum atomic E-state index is 0.192. The van der Waals surface area contributed by atoms with Crippen LogP contribution in [0.4, 0.5) is 0 Å². The summed E-state index contributed by atoms with van der Waals surface area (Å²) in [4.78, 5) is 19.0. The number of rotatable bonds is 5. The lowest BCUT2D eigenvalue weighted by Gasteiger charge is -2.25. The molecule has 0 N–H and O–H groups in total. The lowest BCUT2D eigenvalue weighted by Crippen LogP contribution is -2.37. The Balaban J connectivity index is 1.61. The molecule has 1 amide bonds. The molecule has 128 valence electrons. The third-order valence-corrected chi connectivity index (χ3v) is 4.93. The number of hydrogen-bond acceptors (Lipinski definition) is 4. The molecule has 1 aliphatic rings. The Kier molecular flexibility index (Phi) is 4.97. The SMILES string of the molecule is Cc1cc(CC[C@@H]2CCCN2C(=O)Cc2c(C)noc2C)ccn1. The van der Waals surface area contributed by atoms with E-state index in [0.717, 1.165) is 54.9 Å². The van der Waals surface area contributed by atoms with Crippen molar-refractivity contribution >= 4 is 5.91 Å². The molecule has 24 heavy (non-hydrogen) atoms. The van der Waals surface area contributed by atoms with Crippen LogP contribution in [0.15, 0.2) is 22.9 Å². The minimum absolute atomic E-state index is 0.192. The number of aryl methyl sites for hydroxylation is 4. The van der Waals surface area contributed by atoms with Crippen LogP contribution in [0.2, 0.25) is 0 Å². The molecule has 0 saturated carbocycles. The van der Waals surface area contributed by atoms with E-state index in [4.69, 9.17) is 4.52 Å². The van der Waals surface area contributed by atoms with E-state index in [1.54, 1.807) is 0 Å². The van der Waals surface area contributed by atoms with Crippen molar-refractivity contribution in [3.8, 4) is 0 Å². The quantitative estimate of drug-likeness (QED) is 0.846. The monoisotopic (exact) mass is 327 g/mol. The Labute approximate surface area is 143 Å². The van der Waals surface area contributed by atoms with Gasteiger partial charge in [0.2, 0.25) is 5.91 Å². The first kappa shape index (κ1) is 16.7. The van der Waals surface area contributed by atoms with Gasteiger partial charge in [0, 0.05) is 30.0 Å². The van der Waals surface area contributed by atoms with Crippen molar-refractivity contribution in [2.75, 3.05) is 6.54 Å². The molecule has 5 heteroatoms.